The molecular formula is C23H28ClN5O3S. The average Bonchev–Trinajstić information content (AvgIpc) is 3.22. The maximum atomic E-state index is 12.7. The van der Waals surface area contributed by atoms with E-state index >= 15 is 0 Å². The van der Waals surface area contributed by atoms with Gasteiger partial charge in [0.15, 0.2) is 0 Å². The first-order valence-electron chi connectivity index (χ1n) is 10.9. The summed E-state index contributed by atoms with van der Waals surface area (Å²) in [4.78, 5) is 8.76. The van der Waals surface area contributed by atoms with Crippen molar-refractivity contribution >= 4 is 27.3 Å². The predicted molar refractivity (Wildman–Crippen MR) is 128 cm³/mol. The minimum Gasteiger partial charge on any atom is -0.381 e. The maximum absolute atomic E-state index is 12.7. The zero-order chi connectivity index (χ0) is 23.4. The van der Waals surface area contributed by atoms with Crippen LogP contribution in [0.1, 0.15) is 36.0 Å². The van der Waals surface area contributed by atoms with Crippen LogP contribution < -0.4 is 10.0 Å². The highest BCUT2D eigenvalue weighted by atomic mass is 35.5. The van der Waals surface area contributed by atoms with Crippen molar-refractivity contribution in [1.29, 1.82) is 0 Å². The van der Waals surface area contributed by atoms with E-state index in [-0.39, 0.29) is 23.6 Å². The number of sulfonamides is 1. The number of aryl methyl sites for hydroxylation is 2. The molecule has 1 saturated heterocycles. The second-order valence-electron chi connectivity index (χ2n) is 8.22. The standard InChI is InChI=1S/C23H28ClN5O3S/c1-16-3-4-17(15-26-16)7-9-27-33(30,31)19-5-6-21(20(24)14-19)28-18-8-12-32-22(13-18)23-25-10-11-29(23)2/h3-6,10-11,14-15,18,22,27-28H,7-9,12-13H2,1-2H3. The second kappa shape index (κ2) is 10.2. The molecule has 2 aromatic heterocycles. The summed E-state index contributed by atoms with van der Waals surface area (Å²) in [5.74, 6) is 0.890. The van der Waals surface area contributed by atoms with Crippen LogP contribution in [0.2, 0.25) is 5.02 Å². The first-order chi connectivity index (χ1) is 15.8. The van der Waals surface area contributed by atoms with Crippen molar-refractivity contribution in [3.63, 3.8) is 0 Å². The molecule has 0 saturated carbocycles. The molecule has 3 aromatic rings. The molecule has 8 nitrogen and oxygen atoms in total. The third-order valence-corrected chi connectivity index (χ3v) is 7.49. The van der Waals surface area contributed by atoms with Crippen LogP contribution >= 0.6 is 11.6 Å². The number of nitrogens with zero attached hydrogens (tertiary/aromatic N) is 3. The van der Waals surface area contributed by atoms with Crippen molar-refractivity contribution in [1.82, 2.24) is 19.3 Å². The number of hydrogen-bond acceptors (Lipinski definition) is 6. The van der Waals surface area contributed by atoms with Crippen LogP contribution in [0, 0.1) is 6.92 Å². The average molecular weight is 490 g/mol. The molecule has 0 spiro atoms. The van der Waals surface area contributed by atoms with Crippen LogP contribution in [-0.2, 0) is 28.2 Å². The molecule has 4 rings (SSSR count). The van der Waals surface area contributed by atoms with E-state index in [1.807, 2.05) is 36.9 Å². The fourth-order valence-electron chi connectivity index (χ4n) is 3.85. The van der Waals surface area contributed by atoms with Gasteiger partial charge in [-0.05, 0) is 49.6 Å². The topological polar surface area (TPSA) is 98.1 Å². The Balaban J connectivity index is 1.36. The van der Waals surface area contributed by atoms with Crippen LogP contribution in [0.25, 0.3) is 0 Å². The van der Waals surface area contributed by atoms with Crippen molar-refractivity contribution < 1.29 is 13.2 Å². The van der Waals surface area contributed by atoms with E-state index in [2.05, 4.69) is 20.0 Å². The van der Waals surface area contributed by atoms with Gasteiger partial charge in [-0.3, -0.25) is 4.98 Å². The molecule has 1 aliphatic rings. The molecule has 3 heterocycles. The minimum absolute atomic E-state index is 0.0948. The number of halogens is 1. The number of imidazole rings is 1. The van der Waals surface area contributed by atoms with Gasteiger partial charge in [0, 0.05) is 56.9 Å². The quantitative estimate of drug-likeness (QED) is 0.501. The molecule has 2 N–H and O–H groups in total. The highest BCUT2D eigenvalue weighted by Crippen LogP contribution is 2.31. The van der Waals surface area contributed by atoms with E-state index in [1.54, 1.807) is 24.5 Å². The highest BCUT2D eigenvalue weighted by Gasteiger charge is 2.27. The third kappa shape index (κ3) is 5.92. The summed E-state index contributed by atoms with van der Waals surface area (Å²) in [5, 5.41) is 3.80. The molecule has 0 aliphatic carbocycles. The summed E-state index contributed by atoms with van der Waals surface area (Å²) in [6.45, 7) is 2.80. The molecule has 1 fully saturated rings. The van der Waals surface area contributed by atoms with E-state index in [9.17, 15) is 8.42 Å². The summed E-state index contributed by atoms with van der Waals surface area (Å²) in [6.07, 6.45) is 7.46. The lowest BCUT2D eigenvalue weighted by atomic mass is 10.0. The van der Waals surface area contributed by atoms with E-state index in [4.69, 9.17) is 16.3 Å². The van der Waals surface area contributed by atoms with Gasteiger partial charge in [0.1, 0.15) is 11.9 Å². The molecule has 33 heavy (non-hydrogen) atoms. The molecule has 10 heteroatoms. The number of ether oxygens (including phenoxy) is 1. The summed E-state index contributed by atoms with van der Waals surface area (Å²) in [6, 6.07) is 8.76. The smallest absolute Gasteiger partial charge is 0.240 e. The summed E-state index contributed by atoms with van der Waals surface area (Å²) >= 11 is 6.45. The van der Waals surface area contributed by atoms with Crippen LogP contribution in [0.3, 0.4) is 0 Å². The van der Waals surface area contributed by atoms with Crippen LogP contribution in [0.5, 0.6) is 0 Å². The Morgan fingerprint density at radius 3 is 2.79 bits per heavy atom. The molecule has 2 atom stereocenters. The molecule has 0 amide bonds. The molecule has 1 aliphatic heterocycles. The van der Waals surface area contributed by atoms with Gasteiger partial charge in [-0.1, -0.05) is 17.7 Å². The van der Waals surface area contributed by atoms with Crippen LogP contribution in [-0.4, -0.2) is 42.1 Å². The third-order valence-electron chi connectivity index (χ3n) is 5.72. The Morgan fingerprint density at radius 1 is 1.24 bits per heavy atom. The Morgan fingerprint density at radius 2 is 2.09 bits per heavy atom. The monoisotopic (exact) mass is 489 g/mol. The van der Waals surface area contributed by atoms with Gasteiger partial charge in [-0.15, -0.1) is 0 Å². The van der Waals surface area contributed by atoms with E-state index in [1.165, 1.54) is 6.07 Å². The normalized spacial score (nSPS) is 18.9. The van der Waals surface area contributed by atoms with Crippen molar-refractivity contribution in [2.45, 2.75) is 43.2 Å². The first-order valence-corrected chi connectivity index (χ1v) is 12.7. The Hall–Kier alpha value is -2.46. The number of pyridine rings is 1. The minimum atomic E-state index is -3.67. The van der Waals surface area contributed by atoms with Crippen molar-refractivity contribution in [3.05, 3.63) is 71.0 Å². The zero-order valence-electron chi connectivity index (χ0n) is 18.7. The van der Waals surface area contributed by atoms with Gasteiger partial charge in [-0.2, -0.15) is 0 Å². The Labute approximate surface area is 199 Å². The molecular weight excluding hydrogens is 462 g/mol. The molecule has 1 aromatic carbocycles. The second-order valence-corrected chi connectivity index (χ2v) is 10.4. The predicted octanol–water partition coefficient (Wildman–Crippen LogP) is 3.63. The van der Waals surface area contributed by atoms with Gasteiger partial charge >= 0.3 is 0 Å². The number of rotatable bonds is 8. The van der Waals surface area contributed by atoms with E-state index < -0.39 is 10.0 Å². The van der Waals surface area contributed by atoms with Gasteiger partial charge in [0.25, 0.3) is 0 Å². The van der Waals surface area contributed by atoms with Crippen molar-refractivity contribution in [2.75, 3.05) is 18.5 Å². The number of aromatic nitrogens is 3. The van der Waals surface area contributed by atoms with Gasteiger partial charge in [-0.25, -0.2) is 18.1 Å². The van der Waals surface area contributed by atoms with Crippen LogP contribution in [0.4, 0.5) is 5.69 Å². The number of benzene rings is 1. The number of nitrogens with one attached hydrogen (secondary N) is 2. The maximum Gasteiger partial charge on any atom is 0.240 e. The molecule has 0 radical (unpaired) electrons. The SMILES string of the molecule is Cc1ccc(CCNS(=O)(=O)c2ccc(NC3CCOC(c4nccn4C)C3)c(Cl)c2)cn1. The molecule has 2 unspecified atom stereocenters. The lowest BCUT2D eigenvalue weighted by molar-refractivity contribution is 0.00291. The summed E-state index contributed by atoms with van der Waals surface area (Å²) < 4.78 is 35.9. The first kappa shape index (κ1) is 23.7. The summed E-state index contributed by atoms with van der Waals surface area (Å²) in [5.41, 5.74) is 2.60. The largest absolute Gasteiger partial charge is 0.381 e. The Bertz CT molecular complexity index is 1200. The van der Waals surface area contributed by atoms with E-state index in [0.29, 0.717) is 23.7 Å². The van der Waals surface area contributed by atoms with Crippen molar-refractivity contribution in [2.24, 2.45) is 7.05 Å². The van der Waals surface area contributed by atoms with Gasteiger partial charge in [0.2, 0.25) is 10.0 Å². The van der Waals surface area contributed by atoms with Gasteiger partial charge in [0.05, 0.1) is 15.6 Å². The summed E-state index contributed by atoms with van der Waals surface area (Å²) in [7, 11) is -1.72. The number of anilines is 1. The fourth-order valence-corrected chi connectivity index (χ4v) is 5.21. The lowest BCUT2D eigenvalue weighted by Gasteiger charge is -2.30. The number of hydrogen-bond donors (Lipinski definition) is 2. The van der Waals surface area contributed by atoms with Crippen molar-refractivity contribution in [3.8, 4) is 0 Å². The fraction of sp³-hybridized carbons (Fsp3) is 0.391. The molecule has 0 bridgehead atoms. The molecule has 176 valence electrons. The lowest BCUT2D eigenvalue weighted by Crippen LogP contribution is -2.31. The van der Waals surface area contributed by atoms with Crippen LogP contribution in [0.15, 0.2) is 53.8 Å². The highest BCUT2D eigenvalue weighted by molar-refractivity contribution is 7.89. The van der Waals surface area contributed by atoms with E-state index in [0.717, 1.165) is 29.9 Å². The Kier molecular flexibility index (Phi) is 7.33. The van der Waals surface area contributed by atoms with Gasteiger partial charge < -0.3 is 14.6 Å². The zero-order valence-corrected chi connectivity index (χ0v) is 20.2.